The molecule has 0 saturated carbocycles. The quantitative estimate of drug-likeness (QED) is 0.799. The lowest BCUT2D eigenvalue weighted by atomic mass is 9.83. The van der Waals surface area contributed by atoms with Gasteiger partial charge in [-0.05, 0) is 37.6 Å². The summed E-state index contributed by atoms with van der Waals surface area (Å²) >= 11 is 0. The number of hydrogen-bond acceptors (Lipinski definition) is 2. The summed E-state index contributed by atoms with van der Waals surface area (Å²) in [4.78, 5) is 13.6. The number of nitrogens with zero attached hydrogens (tertiary/aromatic N) is 1. The Labute approximate surface area is 106 Å². The second kappa shape index (κ2) is 7.00. The van der Waals surface area contributed by atoms with E-state index in [1.165, 1.54) is 25.7 Å². The molecule has 0 radical (unpaired) electrons. The van der Waals surface area contributed by atoms with Gasteiger partial charge in [-0.1, -0.05) is 26.7 Å². The molecule has 0 spiro atoms. The van der Waals surface area contributed by atoms with E-state index in [4.69, 9.17) is 0 Å². The molecule has 0 bridgehead atoms. The minimum absolute atomic E-state index is 0.0533. The summed E-state index contributed by atoms with van der Waals surface area (Å²) in [6, 6.07) is 0.0533. The van der Waals surface area contributed by atoms with Crippen LogP contribution in [0.25, 0.3) is 0 Å². The molecule has 1 rings (SSSR count). The smallest absolute Gasteiger partial charge is 0.239 e. The lowest BCUT2D eigenvalue weighted by Crippen LogP contribution is -2.48. The molecule has 1 heterocycles. The van der Waals surface area contributed by atoms with Gasteiger partial charge in [-0.25, -0.2) is 0 Å². The third-order valence-electron chi connectivity index (χ3n) is 3.77. The van der Waals surface area contributed by atoms with Crippen LogP contribution >= 0.6 is 0 Å². The summed E-state index contributed by atoms with van der Waals surface area (Å²) in [6.45, 7) is 5.58. The number of rotatable bonds is 5. The molecule has 0 aromatic rings. The number of hydrogen-bond donors (Lipinski definition) is 1. The van der Waals surface area contributed by atoms with Gasteiger partial charge < -0.3 is 10.2 Å². The first-order chi connectivity index (χ1) is 8.04. The number of carbonyl (C=O) groups excluding carboxylic acids is 1. The molecule has 1 aliphatic heterocycles. The van der Waals surface area contributed by atoms with Crippen LogP contribution in [0.1, 0.15) is 46.0 Å². The molecule has 1 fully saturated rings. The lowest BCUT2D eigenvalue weighted by Gasteiger charge is -2.32. The Kier molecular flexibility index (Phi) is 5.96. The topological polar surface area (TPSA) is 32.3 Å². The fraction of sp³-hybridized carbons (Fsp3) is 0.929. The highest BCUT2D eigenvalue weighted by atomic mass is 16.2. The monoisotopic (exact) mass is 240 g/mol. The second-order valence-electron chi connectivity index (χ2n) is 5.76. The first-order valence-corrected chi connectivity index (χ1v) is 6.99. The summed E-state index contributed by atoms with van der Waals surface area (Å²) in [7, 11) is 3.68. The van der Waals surface area contributed by atoms with E-state index in [1.54, 1.807) is 4.90 Å². The highest BCUT2D eigenvalue weighted by molar-refractivity contribution is 5.81. The zero-order valence-electron chi connectivity index (χ0n) is 11.8. The predicted molar refractivity (Wildman–Crippen MR) is 71.9 cm³/mol. The molecule has 3 heteroatoms. The first kappa shape index (κ1) is 14.5. The van der Waals surface area contributed by atoms with Crippen molar-refractivity contribution in [1.29, 1.82) is 0 Å². The van der Waals surface area contributed by atoms with E-state index in [1.807, 2.05) is 14.1 Å². The van der Waals surface area contributed by atoms with Gasteiger partial charge in [-0.15, -0.1) is 0 Å². The molecule has 1 N–H and O–H groups in total. The van der Waals surface area contributed by atoms with Crippen molar-refractivity contribution in [3.05, 3.63) is 0 Å². The van der Waals surface area contributed by atoms with Crippen LogP contribution in [0.3, 0.4) is 0 Å². The van der Waals surface area contributed by atoms with Gasteiger partial charge in [0.2, 0.25) is 5.91 Å². The van der Waals surface area contributed by atoms with Gasteiger partial charge in [0.1, 0.15) is 0 Å². The molecule has 0 aromatic heterocycles. The van der Waals surface area contributed by atoms with Crippen molar-refractivity contribution < 1.29 is 4.79 Å². The van der Waals surface area contributed by atoms with E-state index < -0.39 is 0 Å². The lowest BCUT2D eigenvalue weighted by molar-refractivity contribution is -0.131. The molecule has 0 aromatic carbocycles. The van der Waals surface area contributed by atoms with Crippen molar-refractivity contribution in [2.45, 2.75) is 52.0 Å². The van der Waals surface area contributed by atoms with E-state index in [-0.39, 0.29) is 11.9 Å². The minimum atomic E-state index is 0.0533. The molecule has 17 heavy (non-hydrogen) atoms. The summed E-state index contributed by atoms with van der Waals surface area (Å²) in [6.07, 6.45) is 6.12. The Morgan fingerprint density at radius 1 is 1.47 bits per heavy atom. The first-order valence-electron chi connectivity index (χ1n) is 6.99. The van der Waals surface area contributed by atoms with E-state index >= 15 is 0 Å². The van der Waals surface area contributed by atoms with Gasteiger partial charge in [-0.2, -0.15) is 0 Å². The van der Waals surface area contributed by atoms with Crippen molar-refractivity contribution in [2.24, 2.45) is 11.8 Å². The average Bonchev–Trinajstić information content (AvgIpc) is 2.28. The Morgan fingerprint density at radius 3 is 2.76 bits per heavy atom. The molecule has 0 aliphatic carbocycles. The molecule has 100 valence electrons. The number of likely N-dealkylation sites (N-methyl/N-ethyl adjacent to an activating group) is 1. The van der Waals surface area contributed by atoms with Crippen LogP contribution in [0, 0.1) is 11.8 Å². The van der Waals surface area contributed by atoms with Crippen molar-refractivity contribution in [3.63, 3.8) is 0 Å². The number of carbonyl (C=O) groups is 1. The Hall–Kier alpha value is -0.570. The number of amides is 1. The standard InChI is InChI=1S/C14H28N2O/c1-5-6-11(2)9-12-7-8-15-13(10-12)14(17)16(3)4/h11-13,15H,5-10H2,1-4H3. The zero-order chi connectivity index (χ0) is 12.8. The number of nitrogens with one attached hydrogen (secondary N) is 1. The van der Waals surface area contributed by atoms with Crippen molar-refractivity contribution in [1.82, 2.24) is 10.2 Å². The maximum Gasteiger partial charge on any atom is 0.239 e. The van der Waals surface area contributed by atoms with Gasteiger partial charge in [0.05, 0.1) is 6.04 Å². The fourth-order valence-electron chi connectivity index (χ4n) is 2.89. The summed E-state index contributed by atoms with van der Waals surface area (Å²) in [5, 5.41) is 3.34. The minimum Gasteiger partial charge on any atom is -0.347 e. The third-order valence-corrected chi connectivity index (χ3v) is 3.77. The normalized spacial score (nSPS) is 26.6. The SMILES string of the molecule is CCCC(C)CC1CCNC(C(=O)N(C)C)C1. The van der Waals surface area contributed by atoms with Crippen LogP contribution in [0.15, 0.2) is 0 Å². The van der Waals surface area contributed by atoms with Crippen LogP contribution in [0.5, 0.6) is 0 Å². The molecule has 1 amide bonds. The van der Waals surface area contributed by atoms with Gasteiger partial charge in [0.15, 0.2) is 0 Å². The molecular weight excluding hydrogens is 212 g/mol. The van der Waals surface area contributed by atoms with Crippen molar-refractivity contribution in [2.75, 3.05) is 20.6 Å². The van der Waals surface area contributed by atoms with E-state index in [0.717, 1.165) is 24.8 Å². The maximum atomic E-state index is 11.9. The second-order valence-corrected chi connectivity index (χ2v) is 5.76. The van der Waals surface area contributed by atoms with Gasteiger partial charge >= 0.3 is 0 Å². The van der Waals surface area contributed by atoms with E-state index in [2.05, 4.69) is 19.2 Å². The zero-order valence-corrected chi connectivity index (χ0v) is 11.8. The van der Waals surface area contributed by atoms with Crippen LogP contribution in [0.2, 0.25) is 0 Å². The average molecular weight is 240 g/mol. The number of piperidine rings is 1. The van der Waals surface area contributed by atoms with Crippen LogP contribution in [0.4, 0.5) is 0 Å². The highest BCUT2D eigenvalue weighted by Gasteiger charge is 2.28. The summed E-state index contributed by atoms with van der Waals surface area (Å²) < 4.78 is 0. The third kappa shape index (κ3) is 4.66. The van der Waals surface area contributed by atoms with E-state index in [9.17, 15) is 4.79 Å². The molecule has 1 aliphatic rings. The Morgan fingerprint density at radius 2 is 2.18 bits per heavy atom. The highest BCUT2D eigenvalue weighted by Crippen LogP contribution is 2.26. The molecule has 3 atom stereocenters. The van der Waals surface area contributed by atoms with Gasteiger partial charge in [0, 0.05) is 14.1 Å². The van der Waals surface area contributed by atoms with Crippen molar-refractivity contribution in [3.8, 4) is 0 Å². The Balaban J connectivity index is 2.41. The summed E-state index contributed by atoms with van der Waals surface area (Å²) in [5.41, 5.74) is 0. The van der Waals surface area contributed by atoms with Crippen LogP contribution in [-0.2, 0) is 4.79 Å². The molecule has 3 nitrogen and oxygen atoms in total. The Bertz CT molecular complexity index is 240. The molecular formula is C14H28N2O. The van der Waals surface area contributed by atoms with Gasteiger partial charge in [0.25, 0.3) is 0 Å². The van der Waals surface area contributed by atoms with Gasteiger partial charge in [-0.3, -0.25) is 4.79 Å². The summed E-state index contributed by atoms with van der Waals surface area (Å²) in [5.74, 6) is 1.77. The van der Waals surface area contributed by atoms with Crippen LogP contribution in [-0.4, -0.2) is 37.5 Å². The predicted octanol–water partition coefficient (Wildman–Crippen LogP) is 2.27. The fourth-order valence-corrected chi connectivity index (χ4v) is 2.89. The molecule has 3 unspecified atom stereocenters. The van der Waals surface area contributed by atoms with Crippen molar-refractivity contribution >= 4 is 5.91 Å². The largest absolute Gasteiger partial charge is 0.347 e. The van der Waals surface area contributed by atoms with Crippen LogP contribution < -0.4 is 5.32 Å². The van der Waals surface area contributed by atoms with E-state index in [0.29, 0.717) is 0 Å². The molecule has 1 saturated heterocycles. The maximum absolute atomic E-state index is 11.9.